The van der Waals surface area contributed by atoms with E-state index in [9.17, 15) is 9.59 Å². The Labute approximate surface area is 149 Å². The molecule has 1 heterocycles. The second-order valence-electron chi connectivity index (χ2n) is 5.83. The molecule has 0 saturated carbocycles. The average Bonchev–Trinajstić information content (AvgIpc) is 2.69. The normalized spacial score (nSPS) is 10.6. The average molecular weight is 341 g/mol. The zero-order valence-corrected chi connectivity index (χ0v) is 13.8. The molecule has 1 aromatic heterocycles. The third-order valence-electron chi connectivity index (χ3n) is 4.07. The predicted octanol–water partition coefficient (Wildman–Crippen LogP) is 3.84. The van der Waals surface area contributed by atoms with Crippen molar-refractivity contribution in [3.8, 4) is 11.4 Å². The van der Waals surface area contributed by atoms with Crippen molar-refractivity contribution >= 4 is 22.5 Å². The van der Waals surface area contributed by atoms with E-state index in [2.05, 4.69) is 15.3 Å². The molecule has 126 valence electrons. The zero-order valence-electron chi connectivity index (χ0n) is 13.8. The summed E-state index contributed by atoms with van der Waals surface area (Å²) in [7, 11) is 0. The molecule has 0 aliphatic carbocycles. The van der Waals surface area contributed by atoms with Gasteiger partial charge in [0.15, 0.2) is 0 Å². The first-order valence-electron chi connectivity index (χ1n) is 8.16. The van der Waals surface area contributed by atoms with E-state index in [-0.39, 0.29) is 11.5 Å². The number of H-pyrrole nitrogens is 1. The minimum Gasteiger partial charge on any atom is -0.322 e. The summed E-state index contributed by atoms with van der Waals surface area (Å²) in [5.74, 6) is 0.324. The molecule has 5 nitrogen and oxygen atoms in total. The molecular weight excluding hydrogens is 326 g/mol. The number of anilines is 1. The van der Waals surface area contributed by atoms with E-state index < -0.39 is 0 Å². The molecular formula is C21H15N3O2. The van der Waals surface area contributed by atoms with E-state index >= 15 is 0 Å². The highest BCUT2D eigenvalue weighted by atomic mass is 16.1. The molecule has 4 rings (SSSR count). The van der Waals surface area contributed by atoms with Gasteiger partial charge in [0.25, 0.3) is 11.5 Å². The first kappa shape index (κ1) is 15.8. The van der Waals surface area contributed by atoms with Crippen molar-refractivity contribution in [3.05, 3.63) is 94.8 Å². The van der Waals surface area contributed by atoms with Crippen LogP contribution in [0.3, 0.4) is 0 Å². The number of carbonyl (C=O) groups excluding carboxylic acids is 1. The predicted molar refractivity (Wildman–Crippen MR) is 102 cm³/mol. The van der Waals surface area contributed by atoms with Crippen molar-refractivity contribution in [1.29, 1.82) is 0 Å². The first-order chi connectivity index (χ1) is 12.7. The lowest BCUT2D eigenvalue weighted by Crippen LogP contribution is -2.11. The number of carbonyl (C=O) groups is 1. The van der Waals surface area contributed by atoms with E-state index in [0.717, 1.165) is 5.56 Å². The number of nitrogens with one attached hydrogen (secondary N) is 2. The van der Waals surface area contributed by atoms with Gasteiger partial charge in [0, 0.05) is 16.8 Å². The van der Waals surface area contributed by atoms with Crippen molar-refractivity contribution in [3.63, 3.8) is 0 Å². The van der Waals surface area contributed by atoms with Crippen LogP contribution in [0.25, 0.3) is 22.3 Å². The topological polar surface area (TPSA) is 74.8 Å². The number of aromatic amines is 1. The van der Waals surface area contributed by atoms with Crippen LogP contribution in [0.2, 0.25) is 0 Å². The molecule has 26 heavy (non-hydrogen) atoms. The third kappa shape index (κ3) is 3.10. The summed E-state index contributed by atoms with van der Waals surface area (Å²) >= 11 is 0. The Kier molecular flexibility index (Phi) is 4.03. The summed E-state index contributed by atoms with van der Waals surface area (Å²) in [4.78, 5) is 31.7. The lowest BCUT2D eigenvalue weighted by atomic mass is 10.1. The lowest BCUT2D eigenvalue weighted by Gasteiger charge is -2.07. The molecule has 0 spiro atoms. The number of nitrogens with zero attached hydrogens (tertiary/aromatic N) is 1. The lowest BCUT2D eigenvalue weighted by molar-refractivity contribution is 0.102. The van der Waals surface area contributed by atoms with Crippen LogP contribution >= 0.6 is 0 Å². The van der Waals surface area contributed by atoms with Gasteiger partial charge in [-0.2, -0.15) is 0 Å². The number of para-hydroxylation sites is 1. The van der Waals surface area contributed by atoms with E-state index in [1.54, 1.807) is 30.3 Å². The highest BCUT2D eigenvalue weighted by molar-refractivity contribution is 6.04. The maximum atomic E-state index is 12.2. The van der Waals surface area contributed by atoms with E-state index in [1.165, 1.54) is 0 Å². The van der Waals surface area contributed by atoms with Crippen molar-refractivity contribution in [2.24, 2.45) is 0 Å². The molecule has 2 N–H and O–H groups in total. The minimum absolute atomic E-state index is 0.171. The second-order valence-corrected chi connectivity index (χ2v) is 5.83. The summed E-state index contributed by atoms with van der Waals surface area (Å²) in [5, 5.41) is 3.40. The molecule has 5 heteroatoms. The number of hydrogen-bond acceptors (Lipinski definition) is 3. The molecule has 0 aliphatic rings. The highest BCUT2D eigenvalue weighted by Crippen LogP contribution is 2.19. The molecule has 0 aliphatic heterocycles. The third-order valence-corrected chi connectivity index (χ3v) is 4.07. The summed E-state index contributed by atoms with van der Waals surface area (Å²) in [6.07, 6.45) is 0. The summed E-state index contributed by atoms with van der Waals surface area (Å²) in [6, 6.07) is 23.4. The number of amides is 1. The van der Waals surface area contributed by atoms with E-state index in [1.807, 2.05) is 48.5 Å². The van der Waals surface area contributed by atoms with Gasteiger partial charge in [0.1, 0.15) is 5.82 Å². The van der Waals surface area contributed by atoms with Gasteiger partial charge in [-0.25, -0.2) is 4.98 Å². The quantitative estimate of drug-likeness (QED) is 0.594. The summed E-state index contributed by atoms with van der Waals surface area (Å²) in [6.45, 7) is 0. The van der Waals surface area contributed by atoms with Gasteiger partial charge in [-0.3, -0.25) is 9.59 Å². The molecule has 0 unspecified atom stereocenters. The Balaban J connectivity index is 1.60. The van der Waals surface area contributed by atoms with Crippen LogP contribution < -0.4 is 10.9 Å². The highest BCUT2D eigenvalue weighted by Gasteiger charge is 2.07. The van der Waals surface area contributed by atoms with Gasteiger partial charge < -0.3 is 10.3 Å². The molecule has 0 saturated heterocycles. The summed E-state index contributed by atoms with van der Waals surface area (Å²) in [5.41, 5.74) is 2.51. The molecule has 0 radical (unpaired) electrons. The Morgan fingerprint density at radius 3 is 2.31 bits per heavy atom. The van der Waals surface area contributed by atoms with Crippen LogP contribution in [0.1, 0.15) is 10.4 Å². The Bertz CT molecular complexity index is 1130. The van der Waals surface area contributed by atoms with E-state index in [4.69, 9.17) is 0 Å². The maximum absolute atomic E-state index is 12.2. The van der Waals surface area contributed by atoms with Crippen molar-refractivity contribution in [2.75, 3.05) is 5.32 Å². The van der Waals surface area contributed by atoms with Crippen molar-refractivity contribution in [1.82, 2.24) is 9.97 Å². The van der Waals surface area contributed by atoms with Crippen molar-refractivity contribution < 1.29 is 4.79 Å². The smallest absolute Gasteiger partial charge is 0.259 e. The van der Waals surface area contributed by atoms with Gasteiger partial charge in [0.05, 0.1) is 10.9 Å². The molecule has 1 amide bonds. The number of aromatic nitrogens is 2. The van der Waals surface area contributed by atoms with Crippen molar-refractivity contribution in [2.45, 2.75) is 0 Å². The van der Waals surface area contributed by atoms with Crippen LogP contribution in [0.15, 0.2) is 83.7 Å². The van der Waals surface area contributed by atoms with Gasteiger partial charge in [0.2, 0.25) is 0 Å². The van der Waals surface area contributed by atoms with Gasteiger partial charge in [-0.1, -0.05) is 30.3 Å². The molecule has 0 atom stereocenters. The first-order valence-corrected chi connectivity index (χ1v) is 8.16. The fourth-order valence-electron chi connectivity index (χ4n) is 2.73. The number of benzene rings is 3. The second kappa shape index (κ2) is 6.64. The van der Waals surface area contributed by atoms with Gasteiger partial charge in [-0.15, -0.1) is 0 Å². The van der Waals surface area contributed by atoms with Crippen LogP contribution in [0.4, 0.5) is 5.69 Å². The number of fused-ring (bicyclic) bond motifs is 1. The number of hydrogen-bond donors (Lipinski definition) is 2. The Hall–Kier alpha value is -3.73. The van der Waals surface area contributed by atoms with Crippen LogP contribution in [-0.4, -0.2) is 15.9 Å². The van der Waals surface area contributed by atoms with Crippen LogP contribution in [-0.2, 0) is 0 Å². The standard InChI is InChI=1S/C21H15N3O2/c25-20(15-6-2-1-3-7-15)22-16-12-10-14(11-13-16)19-23-18-9-5-4-8-17(18)21(26)24-19/h1-13H,(H,22,25)(H,23,24,26). The SMILES string of the molecule is O=C(Nc1ccc(-c2nc3ccccc3c(=O)[nH]2)cc1)c1ccccc1. The van der Waals surface area contributed by atoms with E-state index in [0.29, 0.717) is 28.0 Å². The van der Waals surface area contributed by atoms with Crippen LogP contribution in [0.5, 0.6) is 0 Å². The molecule has 4 aromatic rings. The van der Waals surface area contributed by atoms with Gasteiger partial charge >= 0.3 is 0 Å². The monoisotopic (exact) mass is 341 g/mol. The Morgan fingerprint density at radius 2 is 1.54 bits per heavy atom. The Morgan fingerprint density at radius 1 is 0.846 bits per heavy atom. The molecule has 0 fully saturated rings. The zero-order chi connectivity index (χ0) is 17.9. The molecule has 3 aromatic carbocycles. The largest absolute Gasteiger partial charge is 0.322 e. The fraction of sp³-hybridized carbons (Fsp3) is 0. The van der Waals surface area contributed by atoms with Crippen LogP contribution in [0, 0.1) is 0 Å². The number of rotatable bonds is 3. The maximum Gasteiger partial charge on any atom is 0.259 e. The summed E-state index contributed by atoms with van der Waals surface area (Å²) < 4.78 is 0. The van der Waals surface area contributed by atoms with Gasteiger partial charge in [-0.05, 0) is 48.5 Å². The molecule has 0 bridgehead atoms. The minimum atomic E-state index is -0.174. The fourth-order valence-corrected chi connectivity index (χ4v) is 2.73.